The molecule has 2 heterocycles. The standard InChI is InChI=1S/C20H21F3N2O5/c21-20(22,23)30-13-5-3-12(4-6-13)18(27)24-14(9-11-1-2-11)19(28)25-8-7-16-17(25)15(26)10-29-16/h3-6,11,14,16-17H,1-2,7-10H2,(H,24,27). The molecule has 2 amide bonds. The molecule has 3 aliphatic rings. The van der Waals surface area contributed by atoms with Gasteiger partial charge in [0.2, 0.25) is 5.91 Å². The molecule has 7 nitrogen and oxygen atoms in total. The second-order valence-corrected chi connectivity index (χ2v) is 7.86. The van der Waals surface area contributed by atoms with Crippen LogP contribution in [0.25, 0.3) is 0 Å². The fourth-order valence-electron chi connectivity index (χ4n) is 4.00. The van der Waals surface area contributed by atoms with Crippen LogP contribution in [0.4, 0.5) is 13.2 Å². The average Bonchev–Trinajstić information content (AvgIpc) is 3.27. The minimum Gasteiger partial charge on any atom is -0.406 e. The maximum Gasteiger partial charge on any atom is 0.573 e. The first-order chi connectivity index (χ1) is 14.2. The number of carbonyl (C=O) groups is 3. The summed E-state index contributed by atoms with van der Waals surface area (Å²) in [5, 5.41) is 2.70. The van der Waals surface area contributed by atoms with E-state index in [9.17, 15) is 27.6 Å². The number of alkyl halides is 3. The van der Waals surface area contributed by atoms with Gasteiger partial charge in [-0.3, -0.25) is 14.4 Å². The lowest BCUT2D eigenvalue weighted by Crippen LogP contribution is -2.52. The number of hydrogen-bond donors (Lipinski definition) is 1. The monoisotopic (exact) mass is 426 g/mol. The van der Waals surface area contributed by atoms with Crippen LogP contribution in [0.15, 0.2) is 24.3 Å². The van der Waals surface area contributed by atoms with Crippen molar-refractivity contribution in [2.45, 2.75) is 50.2 Å². The lowest BCUT2D eigenvalue weighted by Gasteiger charge is -2.27. The number of benzene rings is 1. The van der Waals surface area contributed by atoms with Crippen LogP contribution in [0.2, 0.25) is 0 Å². The smallest absolute Gasteiger partial charge is 0.406 e. The number of Topliss-reactive ketones (excluding diaryl/α,β-unsaturated/α-hetero) is 1. The molecule has 3 atom stereocenters. The molecule has 1 N–H and O–H groups in total. The molecule has 0 spiro atoms. The number of ketones is 1. The Morgan fingerprint density at radius 1 is 1.20 bits per heavy atom. The summed E-state index contributed by atoms with van der Waals surface area (Å²) >= 11 is 0. The topological polar surface area (TPSA) is 84.9 Å². The van der Waals surface area contributed by atoms with Crippen LogP contribution in [0.5, 0.6) is 5.75 Å². The van der Waals surface area contributed by atoms with Crippen LogP contribution in [-0.2, 0) is 14.3 Å². The highest BCUT2D eigenvalue weighted by Crippen LogP contribution is 2.35. The van der Waals surface area contributed by atoms with Gasteiger partial charge in [0.15, 0.2) is 5.78 Å². The van der Waals surface area contributed by atoms with Crippen LogP contribution < -0.4 is 10.1 Å². The Morgan fingerprint density at radius 3 is 2.53 bits per heavy atom. The highest BCUT2D eigenvalue weighted by atomic mass is 19.4. The van der Waals surface area contributed by atoms with Crippen molar-refractivity contribution in [2.75, 3.05) is 13.2 Å². The van der Waals surface area contributed by atoms with E-state index in [1.165, 1.54) is 17.0 Å². The summed E-state index contributed by atoms with van der Waals surface area (Å²) in [5.41, 5.74) is 0.109. The molecule has 3 unspecified atom stereocenters. The van der Waals surface area contributed by atoms with Crippen molar-refractivity contribution in [1.29, 1.82) is 0 Å². The molecule has 2 saturated heterocycles. The molecule has 1 aromatic rings. The molecule has 0 aromatic heterocycles. The number of hydrogen-bond acceptors (Lipinski definition) is 5. The van der Waals surface area contributed by atoms with E-state index >= 15 is 0 Å². The number of fused-ring (bicyclic) bond motifs is 1. The van der Waals surface area contributed by atoms with E-state index in [-0.39, 0.29) is 30.0 Å². The van der Waals surface area contributed by atoms with E-state index in [1.54, 1.807) is 0 Å². The minimum atomic E-state index is -4.82. The van der Waals surface area contributed by atoms with Crippen molar-refractivity contribution in [3.8, 4) is 5.75 Å². The quantitative estimate of drug-likeness (QED) is 0.753. The number of likely N-dealkylation sites (tertiary alicyclic amines) is 1. The highest BCUT2D eigenvalue weighted by Gasteiger charge is 2.48. The van der Waals surface area contributed by atoms with Gasteiger partial charge in [-0.1, -0.05) is 12.8 Å². The Labute approximate surface area is 170 Å². The molecule has 1 saturated carbocycles. The summed E-state index contributed by atoms with van der Waals surface area (Å²) in [5.74, 6) is -1.14. The van der Waals surface area contributed by atoms with E-state index in [0.717, 1.165) is 25.0 Å². The molecule has 10 heteroatoms. The first kappa shape index (κ1) is 20.6. The van der Waals surface area contributed by atoms with Crippen LogP contribution in [0.1, 0.15) is 36.0 Å². The predicted octanol–water partition coefficient (Wildman–Crippen LogP) is 2.05. The van der Waals surface area contributed by atoms with Gasteiger partial charge in [0.05, 0.1) is 6.10 Å². The molecule has 0 bridgehead atoms. The molecule has 3 fully saturated rings. The zero-order chi connectivity index (χ0) is 21.5. The van der Waals surface area contributed by atoms with Gasteiger partial charge in [0, 0.05) is 12.1 Å². The minimum absolute atomic E-state index is 0.00882. The van der Waals surface area contributed by atoms with Crippen molar-refractivity contribution in [3.05, 3.63) is 29.8 Å². The fourth-order valence-corrected chi connectivity index (χ4v) is 4.00. The number of amides is 2. The Balaban J connectivity index is 1.44. The van der Waals surface area contributed by atoms with Gasteiger partial charge < -0.3 is 19.7 Å². The van der Waals surface area contributed by atoms with Crippen molar-refractivity contribution in [1.82, 2.24) is 10.2 Å². The number of rotatable bonds is 6. The number of ether oxygens (including phenoxy) is 2. The molecule has 1 aliphatic carbocycles. The van der Waals surface area contributed by atoms with Crippen molar-refractivity contribution < 1.29 is 37.0 Å². The summed E-state index contributed by atoms with van der Waals surface area (Å²) in [6, 6.07) is 3.09. The van der Waals surface area contributed by atoms with Crippen LogP contribution in [0.3, 0.4) is 0 Å². The zero-order valence-corrected chi connectivity index (χ0v) is 16.0. The lowest BCUT2D eigenvalue weighted by molar-refractivity contribution is -0.274. The number of halogens is 3. The van der Waals surface area contributed by atoms with E-state index in [1.807, 2.05) is 0 Å². The van der Waals surface area contributed by atoms with E-state index in [2.05, 4.69) is 10.1 Å². The van der Waals surface area contributed by atoms with Gasteiger partial charge in [0.25, 0.3) is 5.91 Å². The summed E-state index contributed by atoms with van der Waals surface area (Å²) in [6.45, 7) is 0.380. The van der Waals surface area contributed by atoms with Crippen molar-refractivity contribution in [2.24, 2.45) is 5.92 Å². The van der Waals surface area contributed by atoms with Crippen molar-refractivity contribution >= 4 is 17.6 Å². The number of nitrogens with zero attached hydrogens (tertiary/aromatic N) is 1. The van der Waals surface area contributed by atoms with Crippen molar-refractivity contribution in [3.63, 3.8) is 0 Å². The SMILES string of the molecule is O=C(NC(CC1CC1)C(=O)N1CCC2OCC(=O)C21)c1ccc(OC(F)(F)F)cc1. The molecule has 4 rings (SSSR count). The molecule has 162 valence electrons. The predicted molar refractivity (Wildman–Crippen MR) is 96.6 cm³/mol. The van der Waals surface area contributed by atoms with E-state index in [0.29, 0.717) is 25.3 Å². The van der Waals surface area contributed by atoms with E-state index in [4.69, 9.17) is 4.74 Å². The summed E-state index contributed by atoms with van der Waals surface area (Å²) in [6.07, 6.45) is -2.13. The number of nitrogens with one attached hydrogen (secondary N) is 1. The fraction of sp³-hybridized carbons (Fsp3) is 0.550. The molecule has 0 radical (unpaired) electrons. The normalized spacial score (nSPS) is 24.5. The largest absolute Gasteiger partial charge is 0.573 e. The summed E-state index contributed by atoms with van der Waals surface area (Å²) < 4.78 is 46.1. The highest BCUT2D eigenvalue weighted by molar-refractivity contribution is 5.99. The van der Waals surface area contributed by atoms with Gasteiger partial charge in [-0.2, -0.15) is 0 Å². The molecule has 2 aliphatic heterocycles. The Morgan fingerprint density at radius 2 is 1.90 bits per heavy atom. The molecular formula is C20H21F3N2O5. The Bertz CT molecular complexity index is 838. The van der Waals surface area contributed by atoms with Gasteiger partial charge in [0.1, 0.15) is 24.4 Å². The second-order valence-electron chi connectivity index (χ2n) is 7.86. The van der Waals surface area contributed by atoms with Crippen LogP contribution >= 0.6 is 0 Å². The van der Waals surface area contributed by atoms with Gasteiger partial charge in [-0.25, -0.2) is 0 Å². The Kier molecular flexibility index (Phi) is 5.44. The first-order valence-electron chi connectivity index (χ1n) is 9.83. The van der Waals surface area contributed by atoms with Gasteiger partial charge in [-0.05, 0) is 43.0 Å². The molecule has 30 heavy (non-hydrogen) atoms. The molecule has 1 aromatic carbocycles. The summed E-state index contributed by atoms with van der Waals surface area (Å²) in [4.78, 5) is 39.4. The van der Waals surface area contributed by atoms with Gasteiger partial charge in [-0.15, -0.1) is 13.2 Å². The summed E-state index contributed by atoms with van der Waals surface area (Å²) in [7, 11) is 0. The van der Waals surface area contributed by atoms with Crippen LogP contribution in [0, 0.1) is 5.92 Å². The van der Waals surface area contributed by atoms with Crippen LogP contribution in [-0.4, -0.2) is 60.2 Å². The number of carbonyl (C=O) groups excluding carboxylic acids is 3. The second kappa shape index (κ2) is 7.90. The lowest BCUT2D eigenvalue weighted by atomic mass is 10.1. The Hall–Kier alpha value is -2.62. The maximum atomic E-state index is 13.1. The third kappa shape index (κ3) is 4.58. The maximum absolute atomic E-state index is 13.1. The average molecular weight is 426 g/mol. The third-order valence-electron chi connectivity index (χ3n) is 5.61. The van der Waals surface area contributed by atoms with E-state index < -0.39 is 30.1 Å². The molecular weight excluding hydrogens is 405 g/mol. The third-order valence-corrected chi connectivity index (χ3v) is 5.61. The van der Waals surface area contributed by atoms with Gasteiger partial charge >= 0.3 is 6.36 Å². The zero-order valence-electron chi connectivity index (χ0n) is 16.0. The first-order valence-corrected chi connectivity index (χ1v) is 9.83.